The van der Waals surface area contributed by atoms with E-state index < -0.39 is 5.97 Å². The highest BCUT2D eigenvalue weighted by atomic mass is 32.1. The summed E-state index contributed by atoms with van der Waals surface area (Å²) < 4.78 is 15.8. The monoisotopic (exact) mass is 446 g/mol. The molecule has 1 fully saturated rings. The molecule has 0 spiro atoms. The number of nitrogens with zero attached hydrogens (tertiary/aromatic N) is 1. The maximum atomic E-state index is 12.8. The lowest BCUT2D eigenvalue weighted by Gasteiger charge is -2.30. The minimum atomic E-state index is -0.735. The van der Waals surface area contributed by atoms with Crippen LogP contribution in [0, 0.1) is 5.92 Å². The molecular formula is C22H26N2O6S. The van der Waals surface area contributed by atoms with E-state index in [1.807, 2.05) is 0 Å². The van der Waals surface area contributed by atoms with E-state index in [9.17, 15) is 14.4 Å². The normalized spacial score (nSPS) is 14.1. The summed E-state index contributed by atoms with van der Waals surface area (Å²) in [6, 6.07) is 6.36. The summed E-state index contributed by atoms with van der Waals surface area (Å²) in [5.74, 6) is -0.0901. The molecule has 2 aromatic rings. The maximum absolute atomic E-state index is 12.8. The molecule has 1 aromatic heterocycles. The standard InChI is InChI=1S/C22H26N2O6S/c1-14-6-8-24(9-7-14)20(25)13-30-22(27)15-11-17(28-2)18(29-3)12-16(15)23-21(26)19-5-4-10-31-19/h4-5,10-12,14H,6-9,13H2,1-3H3,(H,23,26). The van der Waals surface area contributed by atoms with Crippen LogP contribution in [0.1, 0.15) is 39.8 Å². The van der Waals surface area contributed by atoms with Crippen molar-refractivity contribution in [3.05, 3.63) is 40.1 Å². The van der Waals surface area contributed by atoms with Crippen LogP contribution in [0.2, 0.25) is 0 Å². The molecule has 1 aliphatic rings. The molecule has 1 aliphatic heterocycles. The number of carbonyl (C=O) groups excluding carboxylic acids is 3. The van der Waals surface area contributed by atoms with Crippen LogP contribution in [-0.2, 0) is 9.53 Å². The maximum Gasteiger partial charge on any atom is 0.340 e. The Morgan fingerprint density at radius 3 is 2.42 bits per heavy atom. The molecular weight excluding hydrogens is 420 g/mol. The Kier molecular flexibility index (Phi) is 7.51. The van der Waals surface area contributed by atoms with Crippen LogP contribution in [0.3, 0.4) is 0 Å². The number of esters is 1. The van der Waals surface area contributed by atoms with Gasteiger partial charge in [-0.25, -0.2) is 4.79 Å². The molecule has 2 amide bonds. The summed E-state index contributed by atoms with van der Waals surface area (Å²) in [7, 11) is 2.90. The summed E-state index contributed by atoms with van der Waals surface area (Å²) in [6.07, 6.45) is 1.88. The molecule has 0 radical (unpaired) electrons. The molecule has 0 unspecified atom stereocenters. The van der Waals surface area contributed by atoms with Crippen molar-refractivity contribution >= 4 is 34.8 Å². The number of hydrogen-bond donors (Lipinski definition) is 1. The predicted molar refractivity (Wildman–Crippen MR) is 117 cm³/mol. The average molecular weight is 447 g/mol. The Bertz CT molecular complexity index is 936. The quantitative estimate of drug-likeness (QED) is 0.655. The van der Waals surface area contributed by atoms with Gasteiger partial charge in [0.25, 0.3) is 11.8 Å². The summed E-state index contributed by atoms with van der Waals surface area (Å²) in [4.78, 5) is 39.9. The van der Waals surface area contributed by atoms with Crippen LogP contribution in [-0.4, -0.2) is 56.6 Å². The van der Waals surface area contributed by atoms with Gasteiger partial charge in [-0.3, -0.25) is 9.59 Å². The predicted octanol–water partition coefficient (Wildman–Crippen LogP) is 3.43. The molecule has 0 bridgehead atoms. The fraction of sp³-hybridized carbons (Fsp3) is 0.409. The van der Waals surface area contributed by atoms with Gasteiger partial charge in [0.1, 0.15) is 0 Å². The number of hydrogen-bond acceptors (Lipinski definition) is 7. The van der Waals surface area contributed by atoms with Crippen LogP contribution >= 0.6 is 11.3 Å². The number of thiophene rings is 1. The van der Waals surface area contributed by atoms with E-state index in [1.165, 1.54) is 37.7 Å². The minimum absolute atomic E-state index is 0.0719. The van der Waals surface area contributed by atoms with Gasteiger partial charge in [-0.15, -0.1) is 11.3 Å². The first kappa shape index (κ1) is 22.6. The fourth-order valence-corrected chi connectivity index (χ4v) is 3.92. The molecule has 0 atom stereocenters. The van der Waals surface area contributed by atoms with Gasteiger partial charge in [0.05, 0.1) is 30.3 Å². The van der Waals surface area contributed by atoms with Crippen molar-refractivity contribution in [3.63, 3.8) is 0 Å². The first-order valence-corrected chi connectivity index (χ1v) is 10.9. The molecule has 0 saturated carbocycles. The third-order valence-corrected chi connectivity index (χ3v) is 6.07. The zero-order valence-electron chi connectivity index (χ0n) is 17.8. The molecule has 1 aromatic carbocycles. The number of amides is 2. The molecule has 31 heavy (non-hydrogen) atoms. The van der Waals surface area contributed by atoms with Gasteiger partial charge in [-0.05, 0) is 30.2 Å². The number of rotatable bonds is 7. The summed E-state index contributed by atoms with van der Waals surface area (Å²) in [5, 5.41) is 4.50. The number of benzene rings is 1. The zero-order valence-corrected chi connectivity index (χ0v) is 18.6. The number of piperidine rings is 1. The van der Waals surface area contributed by atoms with E-state index in [0.717, 1.165) is 12.8 Å². The first-order valence-electron chi connectivity index (χ1n) is 9.98. The van der Waals surface area contributed by atoms with Gasteiger partial charge in [0.2, 0.25) is 0 Å². The number of nitrogens with one attached hydrogen (secondary N) is 1. The van der Waals surface area contributed by atoms with Crippen LogP contribution in [0.25, 0.3) is 0 Å². The van der Waals surface area contributed by atoms with Crippen LogP contribution < -0.4 is 14.8 Å². The number of ether oxygens (including phenoxy) is 3. The van der Waals surface area contributed by atoms with Gasteiger partial charge in [0, 0.05) is 25.2 Å². The van der Waals surface area contributed by atoms with Gasteiger partial charge in [0.15, 0.2) is 18.1 Å². The molecule has 1 saturated heterocycles. The molecule has 0 aliphatic carbocycles. The van der Waals surface area contributed by atoms with Crippen molar-refractivity contribution in [2.24, 2.45) is 5.92 Å². The number of likely N-dealkylation sites (tertiary alicyclic amines) is 1. The lowest BCUT2D eigenvalue weighted by atomic mass is 9.99. The zero-order chi connectivity index (χ0) is 22.4. The van der Waals surface area contributed by atoms with E-state index >= 15 is 0 Å². The van der Waals surface area contributed by atoms with Crippen LogP contribution in [0.15, 0.2) is 29.6 Å². The second-order valence-corrected chi connectivity index (χ2v) is 8.27. The molecule has 2 heterocycles. The second-order valence-electron chi connectivity index (χ2n) is 7.32. The van der Waals surface area contributed by atoms with Gasteiger partial charge in [-0.1, -0.05) is 13.0 Å². The van der Waals surface area contributed by atoms with Crippen molar-refractivity contribution < 1.29 is 28.6 Å². The lowest BCUT2D eigenvalue weighted by molar-refractivity contribution is -0.135. The summed E-state index contributed by atoms with van der Waals surface area (Å²) >= 11 is 1.28. The highest BCUT2D eigenvalue weighted by Gasteiger charge is 2.24. The minimum Gasteiger partial charge on any atom is -0.493 e. The number of anilines is 1. The van der Waals surface area contributed by atoms with Crippen LogP contribution in [0.5, 0.6) is 11.5 Å². The Hall–Kier alpha value is -3.07. The second kappa shape index (κ2) is 10.3. The van der Waals surface area contributed by atoms with E-state index in [2.05, 4.69) is 12.2 Å². The summed E-state index contributed by atoms with van der Waals surface area (Å²) in [5.41, 5.74) is 0.280. The highest BCUT2D eigenvalue weighted by Crippen LogP contribution is 2.34. The fourth-order valence-electron chi connectivity index (χ4n) is 3.30. The molecule has 3 rings (SSSR count). The SMILES string of the molecule is COc1cc(NC(=O)c2cccs2)c(C(=O)OCC(=O)N2CCC(C)CC2)cc1OC. The highest BCUT2D eigenvalue weighted by molar-refractivity contribution is 7.12. The Morgan fingerprint density at radius 2 is 1.81 bits per heavy atom. The lowest BCUT2D eigenvalue weighted by Crippen LogP contribution is -2.40. The van der Waals surface area contributed by atoms with E-state index in [1.54, 1.807) is 22.4 Å². The Morgan fingerprint density at radius 1 is 1.13 bits per heavy atom. The molecule has 1 N–H and O–H groups in total. The molecule has 8 nitrogen and oxygen atoms in total. The van der Waals surface area contributed by atoms with Gasteiger partial charge < -0.3 is 24.4 Å². The van der Waals surface area contributed by atoms with Crippen molar-refractivity contribution in [1.82, 2.24) is 4.90 Å². The topological polar surface area (TPSA) is 94.2 Å². The van der Waals surface area contributed by atoms with Crippen molar-refractivity contribution in [1.29, 1.82) is 0 Å². The third-order valence-electron chi connectivity index (χ3n) is 5.20. The van der Waals surface area contributed by atoms with E-state index in [4.69, 9.17) is 14.2 Å². The molecule has 166 valence electrons. The average Bonchev–Trinajstić information content (AvgIpc) is 3.32. The molecule has 9 heteroatoms. The number of carbonyl (C=O) groups is 3. The largest absolute Gasteiger partial charge is 0.493 e. The van der Waals surface area contributed by atoms with Crippen molar-refractivity contribution in [2.45, 2.75) is 19.8 Å². The number of methoxy groups -OCH3 is 2. The smallest absolute Gasteiger partial charge is 0.340 e. The Labute approximate surface area is 185 Å². The van der Waals surface area contributed by atoms with E-state index in [0.29, 0.717) is 35.4 Å². The summed E-state index contributed by atoms with van der Waals surface area (Å²) in [6.45, 7) is 3.12. The van der Waals surface area contributed by atoms with Gasteiger partial charge >= 0.3 is 5.97 Å². The van der Waals surface area contributed by atoms with E-state index in [-0.39, 0.29) is 29.7 Å². The third kappa shape index (κ3) is 5.55. The van der Waals surface area contributed by atoms with Crippen LogP contribution in [0.4, 0.5) is 5.69 Å². The first-order chi connectivity index (χ1) is 14.9. The van der Waals surface area contributed by atoms with Gasteiger partial charge in [-0.2, -0.15) is 0 Å². The van der Waals surface area contributed by atoms with Crippen molar-refractivity contribution in [3.8, 4) is 11.5 Å². The Balaban J connectivity index is 1.76. The van der Waals surface area contributed by atoms with Crippen molar-refractivity contribution in [2.75, 3.05) is 39.2 Å².